The SMILES string of the molecule is CON(C)C(=O)Nc1nc(C)ns1. The molecular formula is C6H10N4O2S. The molecule has 2 amide bonds. The van der Waals surface area contributed by atoms with Crippen LogP contribution in [0.15, 0.2) is 0 Å². The highest BCUT2D eigenvalue weighted by molar-refractivity contribution is 7.09. The lowest BCUT2D eigenvalue weighted by atomic mass is 10.7. The lowest BCUT2D eigenvalue weighted by Gasteiger charge is -2.12. The van der Waals surface area contributed by atoms with Gasteiger partial charge in [0, 0.05) is 18.6 Å². The zero-order valence-electron chi connectivity index (χ0n) is 7.57. The molecule has 1 rings (SSSR count). The molecule has 0 aliphatic carbocycles. The predicted octanol–water partition coefficient (Wildman–Crippen LogP) is 0.872. The molecule has 6 nitrogen and oxygen atoms in total. The number of urea groups is 1. The molecule has 0 radical (unpaired) electrons. The third kappa shape index (κ3) is 2.63. The van der Waals surface area contributed by atoms with Gasteiger partial charge in [0.15, 0.2) is 0 Å². The van der Waals surface area contributed by atoms with Gasteiger partial charge < -0.3 is 0 Å². The molecule has 0 bridgehead atoms. The molecule has 0 fully saturated rings. The highest BCUT2D eigenvalue weighted by Gasteiger charge is 2.09. The van der Waals surface area contributed by atoms with Gasteiger partial charge in [-0.2, -0.15) is 4.37 Å². The minimum atomic E-state index is -0.376. The lowest BCUT2D eigenvalue weighted by molar-refractivity contribution is -0.0598. The fraction of sp³-hybridized carbons (Fsp3) is 0.500. The second kappa shape index (κ2) is 4.15. The van der Waals surface area contributed by atoms with E-state index >= 15 is 0 Å². The summed E-state index contributed by atoms with van der Waals surface area (Å²) >= 11 is 1.13. The average Bonchev–Trinajstić information content (AvgIpc) is 2.49. The number of hydroxylamine groups is 2. The largest absolute Gasteiger partial charge is 0.347 e. The van der Waals surface area contributed by atoms with E-state index in [1.165, 1.54) is 14.2 Å². The summed E-state index contributed by atoms with van der Waals surface area (Å²) in [4.78, 5) is 19.8. The van der Waals surface area contributed by atoms with Crippen LogP contribution in [0.2, 0.25) is 0 Å². The maximum absolute atomic E-state index is 11.2. The minimum absolute atomic E-state index is 0.376. The molecule has 0 saturated carbocycles. The number of carbonyl (C=O) groups excluding carboxylic acids is 1. The van der Waals surface area contributed by atoms with E-state index in [9.17, 15) is 4.79 Å². The first-order chi connectivity index (χ1) is 6.13. The van der Waals surface area contributed by atoms with Crippen molar-refractivity contribution in [2.75, 3.05) is 19.5 Å². The molecule has 1 aromatic rings. The molecule has 0 aliphatic rings. The fourth-order valence-corrected chi connectivity index (χ4v) is 1.17. The van der Waals surface area contributed by atoms with E-state index in [-0.39, 0.29) is 6.03 Å². The van der Waals surface area contributed by atoms with E-state index < -0.39 is 0 Å². The molecule has 1 heterocycles. The van der Waals surface area contributed by atoms with Crippen molar-refractivity contribution < 1.29 is 9.63 Å². The Morgan fingerprint density at radius 3 is 2.85 bits per heavy atom. The Kier molecular flexibility index (Phi) is 3.15. The Balaban J connectivity index is 2.54. The number of rotatable bonds is 2. The first-order valence-corrected chi connectivity index (χ1v) is 4.30. The standard InChI is InChI=1S/C6H10N4O2S/c1-4-7-5(13-9-4)8-6(11)10(2)12-3/h1-3H3,(H,7,8,9,11). The smallest absolute Gasteiger partial charge is 0.280 e. The Labute approximate surface area is 79.7 Å². The number of aromatic nitrogens is 2. The predicted molar refractivity (Wildman–Crippen MR) is 48.4 cm³/mol. The summed E-state index contributed by atoms with van der Waals surface area (Å²) < 4.78 is 3.91. The normalized spacial score (nSPS) is 9.77. The van der Waals surface area contributed by atoms with Crippen LogP contribution in [-0.2, 0) is 4.84 Å². The maximum atomic E-state index is 11.2. The van der Waals surface area contributed by atoms with E-state index in [0.717, 1.165) is 16.6 Å². The quantitative estimate of drug-likeness (QED) is 0.722. The van der Waals surface area contributed by atoms with E-state index in [2.05, 4.69) is 19.5 Å². The van der Waals surface area contributed by atoms with Gasteiger partial charge in [-0.05, 0) is 6.92 Å². The van der Waals surface area contributed by atoms with Crippen LogP contribution in [0.3, 0.4) is 0 Å². The number of amides is 2. The third-order valence-electron chi connectivity index (χ3n) is 1.30. The highest BCUT2D eigenvalue weighted by Crippen LogP contribution is 2.10. The molecule has 7 heteroatoms. The average molecular weight is 202 g/mol. The van der Waals surface area contributed by atoms with Gasteiger partial charge in [-0.1, -0.05) is 0 Å². The summed E-state index contributed by atoms with van der Waals surface area (Å²) in [6, 6.07) is -0.376. The Bertz CT molecular complexity index is 301. The van der Waals surface area contributed by atoms with Crippen LogP contribution in [0.4, 0.5) is 9.93 Å². The Hall–Kier alpha value is -1.21. The lowest BCUT2D eigenvalue weighted by Crippen LogP contribution is -2.30. The summed E-state index contributed by atoms with van der Waals surface area (Å²) in [7, 11) is 2.91. The number of aryl methyl sites for hydroxylation is 1. The summed E-state index contributed by atoms with van der Waals surface area (Å²) in [5.74, 6) is 0.639. The van der Waals surface area contributed by atoms with Gasteiger partial charge in [-0.15, -0.1) is 0 Å². The van der Waals surface area contributed by atoms with E-state index in [1.807, 2.05) is 0 Å². The van der Waals surface area contributed by atoms with Gasteiger partial charge in [-0.3, -0.25) is 10.2 Å². The molecule has 1 N–H and O–H groups in total. The number of carbonyl (C=O) groups is 1. The number of anilines is 1. The van der Waals surface area contributed by atoms with Gasteiger partial charge >= 0.3 is 6.03 Å². The second-order valence-electron chi connectivity index (χ2n) is 2.26. The molecule has 0 atom stereocenters. The topological polar surface area (TPSA) is 67.3 Å². The first kappa shape index (κ1) is 9.87. The van der Waals surface area contributed by atoms with Gasteiger partial charge in [0.1, 0.15) is 5.82 Å². The third-order valence-corrected chi connectivity index (χ3v) is 2.02. The number of hydrogen-bond acceptors (Lipinski definition) is 5. The van der Waals surface area contributed by atoms with Crippen molar-refractivity contribution in [3.63, 3.8) is 0 Å². The van der Waals surface area contributed by atoms with Crippen molar-refractivity contribution in [3.05, 3.63) is 5.82 Å². The van der Waals surface area contributed by atoms with Crippen molar-refractivity contribution in [2.45, 2.75) is 6.92 Å². The summed E-state index contributed by atoms with van der Waals surface area (Å²) in [6.07, 6.45) is 0. The Morgan fingerprint density at radius 1 is 1.69 bits per heavy atom. The van der Waals surface area contributed by atoms with Crippen molar-refractivity contribution in [1.29, 1.82) is 0 Å². The summed E-state index contributed by atoms with van der Waals surface area (Å²) in [5.41, 5.74) is 0. The van der Waals surface area contributed by atoms with Crippen LogP contribution in [0, 0.1) is 6.92 Å². The van der Waals surface area contributed by atoms with Gasteiger partial charge in [0.05, 0.1) is 7.11 Å². The maximum Gasteiger partial charge on any atom is 0.347 e. The van der Waals surface area contributed by atoms with Gasteiger partial charge in [0.25, 0.3) is 0 Å². The van der Waals surface area contributed by atoms with Crippen LogP contribution < -0.4 is 5.32 Å². The summed E-state index contributed by atoms with van der Waals surface area (Å²) in [5, 5.41) is 4.05. The molecular weight excluding hydrogens is 192 g/mol. The molecule has 72 valence electrons. The molecule has 0 unspecified atom stereocenters. The van der Waals surface area contributed by atoms with Crippen molar-refractivity contribution in [3.8, 4) is 0 Å². The zero-order chi connectivity index (χ0) is 9.84. The second-order valence-corrected chi connectivity index (χ2v) is 3.01. The fourth-order valence-electron chi connectivity index (χ4n) is 0.601. The molecule has 0 spiro atoms. The van der Waals surface area contributed by atoms with Crippen LogP contribution in [0.5, 0.6) is 0 Å². The van der Waals surface area contributed by atoms with Crippen molar-refractivity contribution >= 4 is 22.7 Å². The molecule has 0 aromatic carbocycles. The Morgan fingerprint density at radius 2 is 2.38 bits per heavy atom. The molecule has 1 aromatic heterocycles. The van der Waals surface area contributed by atoms with E-state index in [1.54, 1.807) is 6.92 Å². The molecule has 13 heavy (non-hydrogen) atoms. The van der Waals surface area contributed by atoms with E-state index in [4.69, 9.17) is 0 Å². The summed E-state index contributed by atoms with van der Waals surface area (Å²) in [6.45, 7) is 1.76. The van der Waals surface area contributed by atoms with Crippen molar-refractivity contribution in [2.24, 2.45) is 0 Å². The monoisotopic (exact) mass is 202 g/mol. The molecule has 0 aliphatic heterocycles. The van der Waals surface area contributed by atoms with Crippen LogP contribution >= 0.6 is 11.5 Å². The minimum Gasteiger partial charge on any atom is -0.280 e. The van der Waals surface area contributed by atoms with Crippen LogP contribution in [0.1, 0.15) is 5.82 Å². The van der Waals surface area contributed by atoms with Crippen LogP contribution in [0.25, 0.3) is 0 Å². The zero-order valence-corrected chi connectivity index (χ0v) is 8.38. The first-order valence-electron chi connectivity index (χ1n) is 3.52. The van der Waals surface area contributed by atoms with E-state index in [0.29, 0.717) is 11.0 Å². The number of nitrogens with one attached hydrogen (secondary N) is 1. The number of nitrogens with zero attached hydrogens (tertiary/aromatic N) is 3. The molecule has 0 saturated heterocycles. The van der Waals surface area contributed by atoms with Crippen LogP contribution in [-0.4, -0.2) is 34.6 Å². The number of hydrogen-bond donors (Lipinski definition) is 1. The highest BCUT2D eigenvalue weighted by atomic mass is 32.1. The van der Waals surface area contributed by atoms with Gasteiger partial charge in [-0.25, -0.2) is 14.8 Å². The van der Waals surface area contributed by atoms with Gasteiger partial charge in [0.2, 0.25) is 5.13 Å². The van der Waals surface area contributed by atoms with Crippen molar-refractivity contribution in [1.82, 2.24) is 14.4 Å².